The summed E-state index contributed by atoms with van der Waals surface area (Å²) in [6.07, 6.45) is 0. The third kappa shape index (κ3) is 6.89. The highest BCUT2D eigenvalue weighted by Gasteiger charge is 2.12. The molecule has 2 rings (SSSR count). The van der Waals surface area contributed by atoms with Gasteiger partial charge in [-0.05, 0) is 11.1 Å². The maximum absolute atomic E-state index is 11.8. The van der Waals surface area contributed by atoms with E-state index in [1.54, 1.807) is 0 Å². The smallest absolute Gasteiger partial charge is 0.253 e. The van der Waals surface area contributed by atoms with E-state index in [0.29, 0.717) is 13.2 Å². The standard InChI is InChI=1S/C18H23N3O3/c19-17(13-23-11-15-7-3-1-4-8-15)18(22)21-20-14-24-12-16-9-5-2-6-10-16/h1-10,17,20H,11-14,19H2,(H,21,22)/t17-/m0/s1. The zero-order valence-corrected chi connectivity index (χ0v) is 13.5. The van der Waals surface area contributed by atoms with Gasteiger partial charge >= 0.3 is 0 Å². The lowest BCUT2D eigenvalue weighted by Crippen LogP contribution is -2.49. The van der Waals surface area contributed by atoms with Gasteiger partial charge in [0, 0.05) is 0 Å². The summed E-state index contributed by atoms with van der Waals surface area (Å²) in [6, 6.07) is 18.8. The number of benzene rings is 2. The van der Waals surface area contributed by atoms with Crippen molar-refractivity contribution < 1.29 is 14.3 Å². The first-order valence-corrected chi connectivity index (χ1v) is 7.77. The molecule has 0 spiro atoms. The molecule has 1 atom stereocenters. The molecule has 0 unspecified atom stereocenters. The maximum Gasteiger partial charge on any atom is 0.253 e. The number of rotatable bonds is 10. The summed E-state index contributed by atoms with van der Waals surface area (Å²) in [7, 11) is 0. The molecule has 0 bridgehead atoms. The summed E-state index contributed by atoms with van der Waals surface area (Å²) in [6.45, 7) is 1.23. The van der Waals surface area contributed by atoms with E-state index in [2.05, 4.69) is 10.9 Å². The van der Waals surface area contributed by atoms with Gasteiger partial charge in [0.25, 0.3) is 5.91 Å². The van der Waals surface area contributed by atoms with Crippen LogP contribution in [-0.4, -0.2) is 25.3 Å². The SMILES string of the molecule is N[C@@H](COCc1ccccc1)C(=O)NNCOCc1ccccc1. The number of hydrazine groups is 1. The third-order valence-electron chi connectivity index (χ3n) is 3.24. The molecule has 24 heavy (non-hydrogen) atoms. The Labute approximate surface area is 141 Å². The lowest BCUT2D eigenvalue weighted by Gasteiger charge is -2.13. The van der Waals surface area contributed by atoms with Crippen LogP contribution in [0.3, 0.4) is 0 Å². The van der Waals surface area contributed by atoms with Crippen LogP contribution < -0.4 is 16.6 Å². The molecule has 128 valence electrons. The van der Waals surface area contributed by atoms with Crippen LogP contribution in [0.25, 0.3) is 0 Å². The van der Waals surface area contributed by atoms with Gasteiger partial charge in [-0.2, -0.15) is 0 Å². The van der Waals surface area contributed by atoms with Crippen LogP contribution in [0, 0.1) is 0 Å². The Morgan fingerprint density at radius 1 is 0.917 bits per heavy atom. The normalized spacial score (nSPS) is 11.9. The molecule has 2 aromatic rings. The van der Waals surface area contributed by atoms with Gasteiger partial charge in [-0.25, -0.2) is 5.43 Å². The molecule has 0 fully saturated rings. The lowest BCUT2D eigenvalue weighted by molar-refractivity contribution is -0.125. The number of nitrogens with one attached hydrogen (secondary N) is 2. The van der Waals surface area contributed by atoms with Crippen LogP contribution in [0.5, 0.6) is 0 Å². The molecule has 6 heteroatoms. The predicted octanol–water partition coefficient (Wildman–Crippen LogP) is 1.33. The molecule has 0 aliphatic carbocycles. The van der Waals surface area contributed by atoms with Gasteiger partial charge in [-0.15, -0.1) is 0 Å². The van der Waals surface area contributed by atoms with Crippen molar-refractivity contribution in [2.75, 3.05) is 13.3 Å². The largest absolute Gasteiger partial charge is 0.375 e. The Morgan fingerprint density at radius 2 is 1.46 bits per heavy atom. The van der Waals surface area contributed by atoms with Crippen LogP contribution in [-0.2, 0) is 27.5 Å². The fourth-order valence-corrected chi connectivity index (χ4v) is 1.96. The molecule has 0 heterocycles. The summed E-state index contributed by atoms with van der Waals surface area (Å²) < 4.78 is 10.8. The number of amides is 1. The van der Waals surface area contributed by atoms with E-state index in [1.165, 1.54) is 0 Å². The first-order valence-electron chi connectivity index (χ1n) is 7.77. The van der Waals surface area contributed by atoms with E-state index >= 15 is 0 Å². The van der Waals surface area contributed by atoms with Crippen molar-refractivity contribution in [3.05, 3.63) is 71.8 Å². The monoisotopic (exact) mass is 329 g/mol. The topological polar surface area (TPSA) is 85.6 Å². The minimum absolute atomic E-state index is 0.146. The molecule has 2 aromatic carbocycles. The van der Waals surface area contributed by atoms with E-state index in [4.69, 9.17) is 15.2 Å². The summed E-state index contributed by atoms with van der Waals surface area (Å²) in [5, 5.41) is 0. The van der Waals surface area contributed by atoms with Gasteiger partial charge in [-0.1, -0.05) is 60.7 Å². The van der Waals surface area contributed by atoms with Gasteiger partial charge in [0.1, 0.15) is 12.8 Å². The molecule has 4 N–H and O–H groups in total. The highest BCUT2D eigenvalue weighted by atomic mass is 16.5. The average Bonchev–Trinajstić information content (AvgIpc) is 2.63. The first kappa shape index (κ1) is 18.1. The second kappa shape index (κ2) is 10.5. The van der Waals surface area contributed by atoms with Crippen molar-refractivity contribution in [1.29, 1.82) is 0 Å². The van der Waals surface area contributed by atoms with Crippen LogP contribution in [0.4, 0.5) is 0 Å². The molecule has 0 aliphatic heterocycles. The zero-order chi connectivity index (χ0) is 17.0. The molecular formula is C18H23N3O3. The van der Waals surface area contributed by atoms with E-state index in [0.717, 1.165) is 11.1 Å². The number of ether oxygens (including phenoxy) is 2. The Kier molecular flexibility index (Phi) is 7.92. The van der Waals surface area contributed by atoms with Crippen LogP contribution >= 0.6 is 0 Å². The fourth-order valence-electron chi connectivity index (χ4n) is 1.96. The van der Waals surface area contributed by atoms with Crippen molar-refractivity contribution >= 4 is 5.91 Å². The van der Waals surface area contributed by atoms with Crippen molar-refractivity contribution in [1.82, 2.24) is 10.9 Å². The number of nitrogens with two attached hydrogens (primary N) is 1. The highest BCUT2D eigenvalue weighted by molar-refractivity contribution is 5.81. The average molecular weight is 329 g/mol. The summed E-state index contributed by atoms with van der Waals surface area (Å²) in [4.78, 5) is 11.8. The minimum Gasteiger partial charge on any atom is -0.375 e. The van der Waals surface area contributed by atoms with Crippen molar-refractivity contribution in [3.8, 4) is 0 Å². The van der Waals surface area contributed by atoms with Crippen molar-refractivity contribution in [2.45, 2.75) is 19.3 Å². The van der Waals surface area contributed by atoms with Crippen LogP contribution in [0.1, 0.15) is 11.1 Å². The van der Waals surface area contributed by atoms with Crippen LogP contribution in [0.15, 0.2) is 60.7 Å². The Hall–Kier alpha value is -2.25. The second-order valence-corrected chi connectivity index (χ2v) is 5.25. The molecule has 0 aliphatic rings. The molecular weight excluding hydrogens is 306 g/mol. The first-order chi connectivity index (χ1) is 11.8. The summed E-state index contributed by atoms with van der Waals surface area (Å²) in [5.74, 6) is -0.341. The quantitative estimate of drug-likeness (QED) is 0.348. The van der Waals surface area contributed by atoms with Gasteiger partial charge < -0.3 is 15.2 Å². The van der Waals surface area contributed by atoms with Crippen molar-refractivity contribution in [2.24, 2.45) is 5.73 Å². The van der Waals surface area contributed by atoms with Gasteiger partial charge in [-0.3, -0.25) is 10.2 Å². The molecule has 6 nitrogen and oxygen atoms in total. The molecule has 0 saturated carbocycles. The maximum atomic E-state index is 11.8. The predicted molar refractivity (Wildman–Crippen MR) is 91.4 cm³/mol. The summed E-state index contributed by atoms with van der Waals surface area (Å²) >= 11 is 0. The minimum atomic E-state index is -0.740. The van der Waals surface area contributed by atoms with Gasteiger partial charge in [0.05, 0.1) is 19.8 Å². The third-order valence-corrected chi connectivity index (χ3v) is 3.24. The Bertz CT molecular complexity index is 593. The fraction of sp³-hybridized carbons (Fsp3) is 0.278. The van der Waals surface area contributed by atoms with Crippen molar-refractivity contribution in [3.63, 3.8) is 0 Å². The number of hydrogen-bond donors (Lipinski definition) is 3. The number of hydrogen-bond acceptors (Lipinski definition) is 5. The van der Waals surface area contributed by atoms with Crippen LogP contribution in [0.2, 0.25) is 0 Å². The highest BCUT2D eigenvalue weighted by Crippen LogP contribution is 2.01. The van der Waals surface area contributed by atoms with Gasteiger partial charge in [0.15, 0.2) is 0 Å². The summed E-state index contributed by atoms with van der Waals surface area (Å²) in [5.41, 5.74) is 13.1. The van der Waals surface area contributed by atoms with E-state index in [-0.39, 0.29) is 19.2 Å². The lowest BCUT2D eigenvalue weighted by atomic mass is 10.2. The van der Waals surface area contributed by atoms with E-state index in [1.807, 2.05) is 60.7 Å². The molecule has 0 aromatic heterocycles. The Balaban J connectivity index is 1.53. The molecule has 1 amide bonds. The second-order valence-electron chi connectivity index (χ2n) is 5.25. The Morgan fingerprint density at radius 3 is 2.04 bits per heavy atom. The molecule has 0 saturated heterocycles. The zero-order valence-electron chi connectivity index (χ0n) is 13.5. The number of carbonyl (C=O) groups is 1. The van der Waals surface area contributed by atoms with E-state index < -0.39 is 6.04 Å². The van der Waals surface area contributed by atoms with Gasteiger partial charge in [0.2, 0.25) is 0 Å². The van der Waals surface area contributed by atoms with E-state index in [9.17, 15) is 4.79 Å². The number of carbonyl (C=O) groups excluding carboxylic acids is 1. The molecule has 0 radical (unpaired) electrons.